The third-order valence-corrected chi connectivity index (χ3v) is 5.39. The van der Waals surface area contributed by atoms with Crippen molar-refractivity contribution in [2.45, 2.75) is 39.5 Å². The molecule has 22 heavy (non-hydrogen) atoms. The Hall–Kier alpha value is -1.85. The van der Waals surface area contributed by atoms with Crippen molar-refractivity contribution in [2.75, 3.05) is 20.1 Å². The molecule has 2 amide bonds. The van der Waals surface area contributed by atoms with Crippen molar-refractivity contribution >= 4 is 11.8 Å². The number of nitrogens with zero attached hydrogens (tertiary/aromatic N) is 2. The Kier molecular flexibility index (Phi) is 3.70. The number of carbonyl (C=O) groups is 2. The van der Waals surface area contributed by atoms with Gasteiger partial charge in [0.1, 0.15) is 11.3 Å². The Labute approximate surface area is 130 Å². The van der Waals surface area contributed by atoms with Crippen LogP contribution in [0.3, 0.4) is 0 Å². The van der Waals surface area contributed by atoms with Gasteiger partial charge in [0.05, 0.1) is 5.69 Å². The average Bonchev–Trinajstić information content (AvgIpc) is 3.19. The summed E-state index contributed by atoms with van der Waals surface area (Å²) in [7, 11) is 1.69. The van der Waals surface area contributed by atoms with Gasteiger partial charge < -0.3 is 14.7 Å². The predicted octanol–water partition coefficient (Wildman–Crippen LogP) is 1.67. The van der Waals surface area contributed by atoms with E-state index in [9.17, 15) is 9.59 Å². The SMILES string of the molecule is CNC(=O)[C@@H]1CCC[C@]12CCN(C(=O)c1c(C)noc1C)C2. The minimum absolute atomic E-state index is 0.0179. The van der Waals surface area contributed by atoms with Gasteiger partial charge in [0.25, 0.3) is 5.91 Å². The molecule has 2 atom stereocenters. The van der Waals surface area contributed by atoms with E-state index in [0.717, 1.165) is 25.7 Å². The monoisotopic (exact) mass is 305 g/mol. The van der Waals surface area contributed by atoms with Gasteiger partial charge in [0.2, 0.25) is 5.91 Å². The summed E-state index contributed by atoms with van der Waals surface area (Å²) in [6.07, 6.45) is 3.91. The second kappa shape index (κ2) is 5.41. The first kappa shape index (κ1) is 15.1. The first-order valence-electron chi connectivity index (χ1n) is 7.92. The molecule has 0 unspecified atom stereocenters. The number of nitrogens with one attached hydrogen (secondary N) is 1. The van der Waals surface area contributed by atoms with Crippen molar-refractivity contribution in [3.63, 3.8) is 0 Å². The summed E-state index contributed by atoms with van der Waals surface area (Å²) in [6.45, 7) is 4.92. The van der Waals surface area contributed by atoms with Gasteiger partial charge >= 0.3 is 0 Å². The molecule has 1 aromatic heterocycles. The van der Waals surface area contributed by atoms with Crippen LogP contribution in [-0.4, -0.2) is 42.0 Å². The first-order chi connectivity index (χ1) is 10.5. The summed E-state index contributed by atoms with van der Waals surface area (Å²) in [5, 5.41) is 6.65. The van der Waals surface area contributed by atoms with Crippen molar-refractivity contribution in [3.8, 4) is 0 Å². The van der Waals surface area contributed by atoms with Gasteiger partial charge in [0.15, 0.2) is 0 Å². The van der Waals surface area contributed by atoms with Gasteiger partial charge in [-0.1, -0.05) is 11.6 Å². The highest BCUT2D eigenvalue weighted by atomic mass is 16.5. The average molecular weight is 305 g/mol. The zero-order chi connectivity index (χ0) is 15.9. The number of hydrogen-bond donors (Lipinski definition) is 1. The summed E-state index contributed by atoms with van der Waals surface area (Å²) in [5.74, 6) is 0.692. The molecule has 2 aliphatic rings. The van der Waals surface area contributed by atoms with Gasteiger partial charge in [-0.05, 0) is 33.1 Å². The molecule has 120 valence electrons. The van der Waals surface area contributed by atoms with Crippen molar-refractivity contribution in [2.24, 2.45) is 11.3 Å². The maximum absolute atomic E-state index is 12.8. The number of likely N-dealkylation sites (tertiary alicyclic amines) is 1. The van der Waals surface area contributed by atoms with Crippen LogP contribution in [0.5, 0.6) is 0 Å². The Bertz CT molecular complexity index is 590. The van der Waals surface area contributed by atoms with E-state index in [0.29, 0.717) is 30.1 Å². The van der Waals surface area contributed by atoms with Crippen molar-refractivity contribution in [3.05, 3.63) is 17.0 Å². The fourth-order valence-corrected chi connectivity index (χ4v) is 4.23. The number of amides is 2. The summed E-state index contributed by atoms with van der Waals surface area (Å²) < 4.78 is 5.11. The zero-order valence-electron chi connectivity index (χ0n) is 13.4. The van der Waals surface area contributed by atoms with E-state index in [1.165, 1.54) is 0 Å². The molecular formula is C16H23N3O3. The predicted molar refractivity (Wildman–Crippen MR) is 80.3 cm³/mol. The van der Waals surface area contributed by atoms with E-state index in [2.05, 4.69) is 10.5 Å². The van der Waals surface area contributed by atoms with E-state index in [4.69, 9.17) is 4.52 Å². The maximum Gasteiger partial charge on any atom is 0.259 e. The molecule has 0 radical (unpaired) electrons. The van der Waals surface area contributed by atoms with Crippen molar-refractivity contribution in [1.29, 1.82) is 0 Å². The second-order valence-corrected chi connectivity index (χ2v) is 6.60. The van der Waals surface area contributed by atoms with Crippen LogP contribution in [0.15, 0.2) is 4.52 Å². The Morgan fingerprint density at radius 3 is 2.77 bits per heavy atom. The minimum atomic E-state index is -0.0469. The van der Waals surface area contributed by atoms with Crippen LogP contribution >= 0.6 is 0 Å². The highest BCUT2D eigenvalue weighted by molar-refractivity contribution is 5.96. The Morgan fingerprint density at radius 2 is 2.14 bits per heavy atom. The van der Waals surface area contributed by atoms with Crippen LogP contribution in [0.25, 0.3) is 0 Å². The van der Waals surface area contributed by atoms with Gasteiger partial charge in [-0.25, -0.2) is 0 Å². The normalized spacial score (nSPS) is 27.6. The lowest BCUT2D eigenvalue weighted by atomic mass is 9.76. The van der Waals surface area contributed by atoms with Gasteiger partial charge in [-0.15, -0.1) is 0 Å². The third kappa shape index (κ3) is 2.21. The molecule has 6 heteroatoms. The van der Waals surface area contributed by atoms with E-state index in [1.807, 2.05) is 4.90 Å². The molecule has 1 saturated heterocycles. The van der Waals surface area contributed by atoms with Gasteiger partial charge in [-0.2, -0.15) is 0 Å². The fraction of sp³-hybridized carbons (Fsp3) is 0.688. The minimum Gasteiger partial charge on any atom is -0.361 e. The van der Waals surface area contributed by atoms with Gasteiger partial charge in [-0.3, -0.25) is 9.59 Å². The second-order valence-electron chi connectivity index (χ2n) is 6.60. The quantitative estimate of drug-likeness (QED) is 0.902. The highest BCUT2D eigenvalue weighted by Crippen LogP contribution is 2.50. The zero-order valence-corrected chi connectivity index (χ0v) is 13.4. The summed E-state index contributed by atoms with van der Waals surface area (Å²) in [5.41, 5.74) is 1.17. The van der Waals surface area contributed by atoms with Crippen molar-refractivity contribution in [1.82, 2.24) is 15.4 Å². The Morgan fingerprint density at radius 1 is 1.36 bits per heavy atom. The molecule has 1 saturated carbocycles. The molecule has 1 N–H and O–H groups in total. The summed E-state index contributed by atoms with van der Waals surface area (Å²) in [6, 6.07) is 0. The molecule has 2 fully saturated rings. The molecular weight excluding hydrogens is 282 g/mol. The number of carbonyl (C=O) groups excluding carboxylic acids is 2. The molecule has 0 aromatic carbocycles. The summed E-state index contributed by atoms with van der Waals surface area (Å²) in [4.78, 5) is 26.8. The van der Waals surface area contributed by atoms with E-state index in [-0.39, 0.29) is 23.1 Å². The molecule has 1 spiro atoms. The first-order valence-corrected chi connectivity index (χ1v) is 7.92. The largest absolute Gasteiger partial charge is 0.361 e. The van der Waals surface area contributed by atoms with Crippen LogP contribution in [0.2, 0.25) is 0 Å². The van der Waals surface area contributed by atoms with E-state index >= 15 is 0 Å². The highest BCUT2D eigenvalue weighted by Gasteiger charge is 2.51. The smallest absolute Gasteiger partial charge is 0.259 e. The lowest BCUT2D eigenvalue weighted by Gasteiger charge is -2.30. The fourth-order valence-electron chi connectivity index (χ4n) is 4.23. The van der Waals surface area contributed by atoms with Crippen molar-refractivity contribution < 1.29 is 14.1 Å². The number of hydrogen-bond acceptors (Lipinski definition) is 4. The standard InChI is InChI=1S/C16H23N3O3/c1-10-13(11(2)22-18-10)15(21)19-8-7-16(9-19)6-4-5-12(16)14(20)17-3/h12H,4-9H2,1-3H3,(H,17,20)/t12-,16+/m0/s1. The van der Waals surface area contributed by atoms with Crippen LogP contribution in [0.1, 0.15) is 47.5 Å². The molecule has 1 aliphatic carbocycles. The molecule has 0 bridgehead atoms. The third-order valence-electron chi connectivity index (χ3n) is 5.39. The maximum atomic E-state index is 12.8. The van der Waals surface area contributed by atoms with E-state index in [1.54, 1.807) is 20.9 Å². The lowest BCUT2D eigenvalue weighted by molar-refractivity contribution is -0.127. The Balaban J connectivity index is 1.80. The molecule has 1 aliphatic heterocycles. The topological polar surface area (TPSA) is 75.4 Å². The van der Waals surface area contributed by atoms with Crippen LogP contribution in [0.4, 0.5) is 0 Å². The lowest BCUT2D eigenvalue weighted by Crippen LogP contribution is -2.40. The number of rotatable bonds is 2. The van der Waals surface area contributed by atoms with Gasteiger partial charge in [0, 0.05) is 31.5 Å². The number of aryl methyl sites for hydroxylation is 2. The molecule has 6 nitrogen and oxygen atoms in total. The summed E-state index contributed by atoms with van der Waals surface area (Å²) >= 11 is 0. The molecule has 1 aromatic rings. The molecule has 2 heterocycles. The number of aromatic nitrogens is 1. The van der Waals surface area contributed by atoms with Crippen LogP contribution < -0.4 is 5.32 Å². The molecule has 3 rings (SSSR count). The van der Waals surface area contributed by atoms with Crippen LogP contribution in [0, 0.1) is 25.2 Å². The van der Waals surface area contributed by atoms with E-state index < -0.39 is 0 Å². The van der Waals surface area contributed by atoms with Crippen LogP contribution in [-0.2, 0) is 4.79 Å².